The molecule has 0 saturated heterocycles. The van der Waals surface area contributed by atoms with Crippen LogP contribution in [0.25, 0.3) is 11.4 Å². The molecular formula is C18H12ClN3O5. The number of aromatic nitrogens is 2. The Balaban J connectivity index is 1.88. The maximum atomic E-state index is 12.3. The van der Waals surface area contributed by atoms with Gasteiger partial charge in [0.1, 0.15) is 17.1 Å². The van der Waals surface area contributed by atoms with Crippen LogP contribution in [0, 0.1) is 0 Å². The van der Waals surface area contributed by atoms with Gasteiger partial charge in [-0.25, -0.2) is 9.78 Å². The molecule has 0 bridgehead atoms. The average molecular weight is 386 g/mol. The lowest BCUT2D eigenvalue weighted by atomic mass is 10.1. The summed E-state index contributed by atoms with van der Waals surface area (Å²) in [6.07, 6.45) is 1.09. The molecule has 0 fully saturated rings. The van der Waals surface area contributed by atoms with Gasteiger partial charge in [0.05, 0.1) is 11.3 Å². The quantitative estimate of drug-likeness (QED) is 0.510. The van der Waals surface area contributed by atoms with Crippen LogP contribution in [-0.4, -0.2) is 32.1 Å². The summed E-state index contributed by atoms with van der Waals surface area (Å²) in [7, 11) is 0. The van der Waals surface area contributed by atoms with E-state index in [4.69, 9.17) is 16.7 Å². The first-order valence-electron chi connectivity index (χ1n) is 7.58. The van der Waals surface area contributed by atoms with E-state index >= 15 is 0 Å². The fourth-order valence-electron chi connectivity index (χ4n) is 2.27. The summed E-state index contributed by atoms with van der Waals surface area (Å²) in [5, 5.41) is 21.6. The Bertz CT molecular complexity index is 1090. The number of nitrogens with one attached hydrogen (secondary N) is 2. The van der Waals surface area contributed by atoms with Crippen molar-refractivity contribution < 1.29 is 19.8 Å². The molecule has 1 aromatic heterocycles. The molecule has 0 aliphatic carbocycles. The number of phenols is 1. The number of rotatable bonds is 4. The summed E-state index contributed by atoms with van der Waals surface area (Å²) in [5.74, 6) is -2.15. The van der Waals surface area contributed by atoms with Gasteiger partial charge in [-0.2, -0.15) is 0 Å². The molecule has 0 spiro atoms. The summed E-state index contributed by atoms with van der Waals surface area (Å²) >= 11 is 5.82. The first-order valence-corrected chi connectivity index (χ1v) is 7.96. The van der Waals surface area contributed by atoms with Gasteiger partial charge >= 0.3 is 5.97 Å². The first kappa shape index (κ1) is 18.2. The highest BCUT2D eigenvalue weighted by Crippen LogP contribution is 2.24. The van der Waals surface area contributed by atoms with Crippen LogP contribution in [0.3, 0.4) is 0 Å². The summed E-state index contributed by atoms with van der Waals surface area (Å²) in [6, 6.07) is 9.99. The second kappa shape index (κ2) is 7.30. The molecule has 2 aromatic carbocycles. The van der Waals surface area contributed by atoms with Crippen LogP contribution < -0.4 is 10.9 Å². The predicted octanol–water partition coefficient (Wildman–Crippen LogP) is 2.75. The number of aromatic hydroxyl groups is 1. The van der Waals surface area contributed by atoms with Crippen molar-refractivity contribution in [2.75, 3.05) is 5.32 Å². The number of nitrogens with zero attached hydrogens (tertiary/aromatic N) is 1. The Morgan fingerprint density at radius 3 is 2.44 bits per heavy atom. The van der Waals surface area contributed by atoms with E-state index in [0.717, 1.165) is 18.3 Å². The van der Waals surface area contributed by atoms with Crippen molar-refractivity contribution in [3.8, 4) is 17.1 Å². The normalized spacial score (nSPS) is 10.4. The van der Waals surface area contributed by atoms with Crippen LogP contribution in [-0.2, 0) is 0 Å². The highest BCUT2D eigenvalue weighted by molar-refractivity contribution is 6.30. The zero-order valence-corrected chi connectivity index (χ0v) is 14.3. The van der Waals surface area contributed by atoms with Gasteiger partial charge in [0.25, 0.3) is 11.5 Å². The van der Waals surface area contributed by atoms with Crippen molar-refractivity contribution in [2.45, 2.75) is 0 Å². The second-order valence-corrected chi connectivity index (χ2v) is 5.91. The van der Waals surface area contributed by atoms with Crippen LogP contribution in [0.1, 0.15) is 20.7 Å². The maximum absolute atomic E-state index is 12.3. The molecule has 3 aromatic rings. The number of carboxylic acids is 1. The van der Waals surface area contributed by atoms with E-state index in [-0.39, 0.29) is 28.4 Å². The number of halogens is 1. The molecule has 0 aliphatic rings. The van der Waals surface area contributed by atoms with Crippen molar-refractivity contribution in [2.24, 2.45) is 0 Å². The van der Waals surface area contributed by atoms with E-state index < -0.39 is 17.4 Å². The van der Waals surface area contributed by atoms with Gasteiger partial charge in [0.15, 0.2) is 0 Å². The molecule has 0 saturated carbocycles. The number of hydrogen-bond acceptors (Lipinski definition) is 5. The third kappa shape index (κ3) is 3.96. The zero-order chi connectivity index (χ0) is 19.6. The molecule has 0 unspecified atom stereocenters. The lowest BCUT2D eigenvalue weighted by Gasteiger charge is -2.08. The van der Waals surface area contributed by atoms with Crippen LogP contribution >= 0.6 is 11.6 Å². The van der Waals surface area contributed by atoms with Crippen molar-refractivity contribution in [3.05, 3.63) is 75.2 Å². The van der Waals surface area contributed by atoms with Crippen LogP contribution in [0.15, 0.2) is 53.5 Å². The lowest BCUT2D eigenvalue weighted by Crippen LogP contribution is -2.24. The molecule has 0 aliphatic heterocycles. The van der Waals surface area contributed by atoms with Crippen molar-refractivity contribution in [3.63, 3.8) is 0 Å². The topological polar surface area (TPSA) is 132 Å². The van der Waals surface area contributed by atoms with Gasteiger partial charge in [-0.05, 0) is 42.5 Å². The van der Waals surface area contributed by atoms with E-state index in [0.29, 0.717) is 10.6 Å². The van der Waals surface area contributed by atoms with Crippen LogP contribution in [0.5, 0.6) is 5.75 Å². The number of carbonyl (C=O) groups is 2. The third-order valence-electron chi connectivity index (χ3n) is 3.65. The minimum absolute atomic E-state index is 0.131. The second-order valence-electron chi connectivity index (χ2n) is 5.47. The molecule has 0 atom stereocenters. The Morgan fingerprint density at radius 2 is 1.81 bits per heavy atom. The number of aromatic carboxylic acids is 1. The Hall–Kier alpha value is -3.65. The van der Waals surface area contributed by atoms with E-state index in [2.05, 4.69) is 15.3 Å². The SMILES string of the molecule is O=C(O)c1ccc(O)c(NC(=O)c2cnc(-c3ccc(Cl)cc3)[nH]c2=O)c1. The van der Waals surface area contributed by atoms with Gasteiger partial charge in [-0.15, -0.1) is 0 Å². The number of hydrogen-bond donors (Lipinski definition) is 4. The molecular weight excluding hydrogens is 374 g/mol. The number of carboxylic acid groups (broad SMARTS) is 1. The maximum Gasteiger partial charge on any atom is 0.335 e. The van der Waals surface area contributed by atoms with Gasteiger partial charge < -0.3 is 20.5 Å². The van der Waals surface area contributed by atoms with E-state index in [1.54, 1.807) is 24.3 Å². The minimum Gasteiger partial charge on any atom is -0.506 e. The van der Waals surface area contributed by atoms with Crippen LogP contribution in [0.4, 0.5) is 5.69 Å². The Morgan fingerprint density at radius 1 is 1.11 bits per heavy atom. The minimum atomic E-state index is -1.22. The van der Waals surface area contributed by atoms with Crippen molar-refractivity contribution >= 4 is 29.2 Å². The number of carbonyl (C=O) groups excluding carboxylic acids is 1. The highest BCUT2D eigenvalue weighted by Gasteiger charge is 2.16. The molecule has 1 amide bonds. The van der Waals surface area contributed by atoms with Crippen LogP contribution in [0.2, 0.25) is 5.02 Å². The standard InChI is InChI=1S/C18H12ClN3O5/c19-11-4-1-9(2-5-11)15-20-8-12(17(25)22-15)16(24)21-13-7-10(18(26)27)3-6-14(13)23/h1-8,23H,(H,21,24)(H,26,27)(H,20,22,25). The van der Waals surface area contributed by atoms with Gasteiger partial charge in [0, 0.05) is 16.8 Å². The van der Waals surface area contributed by atoms with Crippen molar-refractivity contribution in [1.29, 1.82) is 0 Å². The highest BCUT2D eigenvalue weighted by atomic mass is 35.5. The molecule has 8 nitrogen and oxygen atoms in total. The Labute approximate surface area is 157 Å². The smallest absolute Gasteiger partial charge is 0.335 e. The third-order valence-corrected chi connectivity index (χ3v) is 3.91. The number of anilines is 1. The predicted molar refractivity (Wildman–Crippen MR) is 98.3 cm³/mol. The summed E-state index contributed by atoms with van der Waals surface area (Å²) in [6.45, 7) is 0. The molecule has 9 heteroatoms. The molecule has 0 radical (unpaired) electrons. The average Bonchev–Trinajstić information content (AvgIpc) is 2.63. The summed E-state index contributed by atoms with van der Waals surface area (Å²) in [4.78, 5) is 42.1. The van der Waals surface area contributed by atoms with E-state index in [1.807, 2.05) is 0 Å². The Kier molecular flexibility index (Phi) is 4.91. The summed E-state index contributed by atoms with van der Waals surface area (Å²) < 4.78 is 0. The van der Waals surface area contributed by atoms with Gasteiger partial charge in [0.2, 0.25) is 0 Å². The number of H-pyrrole nitrogens is 1. The zero-order valence-electron chi connectivity index (χ0n) is 13.6. The van der Waals surface area contributed by atoms with E-state index in [9.17, 15) is 19.5 Å². The number of benzene rings is 2. The molecule has 136 valence electrons. The van der Waals surface area contributed by atoms with Crippen molar-refractivity contribution in [1.82, 2.24) is 9.97 Å². The summed E-state index contributed by atoms with van der Waals surface area (Å²) in [5.41, 5.74) is -0.654. The van der Waals surface area contributed by atoms with E-state index in [1.165, 1.54) is 6.07 Å². The monoisotopic (exact) mass is 385 g/mol. The molecule has 3 rings (SSSR count). The largest absolute Gasteiger partial charge is 0.506 e. The molecule has 27 heavy (non-hydrogen) atoms. The fourth-order valence-corrected chi connectivity index (χ4v) is 2.40. The fraction of sp³-hybridized carbons (Fsp3) is 0. The number of phenolic OH excluding ortho intramolecular Hbond substituents is 1. The number of amides is 1. The van der Waals surface area contributed by atoms with Gasteiger partial charge in [-0.1, -0.05) is 11.6 Å². The lowest BCUT2D eigenvalue weighted by molar-refractivity contribution is 0.0696. The number of aromatic amines is 1. The molecule has 1 heterocycles. The first-order chi connectivity index (χ1) is 12.8. The molecule has 4 N–H and O–H groups in total. The van der Waals surface area contributed by atoms with Gasteiger partial charge in [-0.3, -0.25) is 9.59 Å².